The summed E-state index contributed by atoms with van der Waals surface area (Å²) in [6.07, 6.45) is 3.19. The van der Waals surface area contributed by atoms with E-state index >= 15 is 0 Å². The molecule has 6 nitrogen and oxygen atoms in total. The van der Waals surface area contributed by atoms with Crippen LogP contribution in [-0.2, 0) is 6.61 Å². The molecule has 2 aromatic carbocycles. The maximum atomic E-state index is 12.3. The summed E-state index contributed by atoms with van der Waals surface area (Å²) in [7, 11) is 1.63. The lowest BCUT2D eigenvalue weighted by atomic mass is 10.2. The Bertz CT molecular complexity index is 1140. The molecule has 0 unspecified atom stereocenters. The Hall–Kier alpha value is -3.80. The second kappa shape index (κ2) is 7.84. The lowest BCUT2D eigenvalue weighted by molar-refractivity contribution is 0.305. The Balaban J connectivity index is 1.55. The molecule has 0 aliphatic rings. The molecule has 140 valence electrons. The van der Waals surface area contributed by atoms with Crippen molar-refractivity contribution in [3.63, 3.8) is 0 Å². The second-order valence-electron chi connectivity index (χ2n) is 6.01. The summed E-state index contributed by atoms with van der Waals surface area (Å²) in [5, 5.41) is 0.457. The highest BCUT2D eigenvalue weighted by atomic mass is 16.6. The minimum absolute atomic E-state index is 0.107. The molecule has 0 aliphatic heterocycles. The highest BCUT2D eigenvalue weighted by Crippen LogP contribution is 2.26. The zero-order chi connectivity index (χ0) is 19.3. The molecule has 0 saturated heterocycles. The topological polar surface area (TPSA) is 70.8 Å². The minimum atomic E-state index is -0.188. The van der Waals surface area contributed by atoms with Crippen molar-refractivity contribution < 1.29 is 18.6 Å². The van der Waals surface area contributed by atoms with E-state index in [1.807, 2.05) is 24.3 Å². The molecule has 0 bridgehead atoms. The fraction of sp³-hybridized carbons (Fsp3) is 0.0909. The summed E-state index contributed by atoms with van der Waals surface area (Å²) in [5.74, 6) is 2.02. The summed E-state index contributed by atoms with van der Waals surface area (Å²) in [5.41, 5.74) is 1.20. The molecule has 2 heterocycles. The van der Waals surface area contributed by atoms with Crippen LogP contribution in [0.4, 0.5) is 0 Å². The predicted molar refractivity (Wildman–Crippen MR) is 104 cm³/mol. The minimum Gasteiger partial charge on any atom is -0.497 e. The van der Waals surface area contributed by atoms with Crippen LogP contribution in [0.2, 0.25) is 0 Å². The highest BCUT2D eigenvalue weighted by Gasteiger charge is 2.08. The van der Waals surface area contributed by atoms with Gasteiger partial charge in [-0.25, -0.2) is 0 Å². The van der Waals surface area contributed by atoms with E-state index in [2.05, 4.69) is 4.98 Å². The summed E-state index contributed by atoms with van der Waals surface area (Å²) < 4.78 is 22.3. The summed E-state index contributed by atoms with van der Waals surface area (Å²) in [6, 6.07) is 17.4. The SMILES string of the molecule is COc1ccc(COc2ccc3c(=O)cc(Oc4ccncc4)oc3c2)cc1. The van der Waals surface area contributed by atoms with Crippen molar-refractivity contribution in [2.75, 3.05) is 7.11 Å². The van der Waals surface area contributed by atoms with E-state index in [4.69, 9.17) is 18.6 Å². The second-order valence-corrected chi connectivity index (χ2v) is 6.01. The van der Waals surface area contributed by atoms with E-state index in [1.165, 1.54) is 6.07 Å². The van der Waals surface area contributed by atoms with Crippen LogP contribution in [0.3, 0.4) is 0 Å². The van der Waals surface area contributed by atoms with E-state index in [0.29, 0.717) is 29.1 Å². The number of hydrogen-bond donors (Lipinski definition) is 0. The summed E-state index contributed by atoms with van der Waals surface area (Å²) in [6.45, 7) is 0.382. The average molecular weight is 375 g/mol. The van der Waals surface area contributed by atoms with E-state index < -0.39 is 0 Å². The van der Waals surface area contributed by atoms with Gasteiger partial charge in [0.1, 0.15) is 29.4 Å². The van der Waals surface area contributed by atoms with Crippen molar-refractivity contribution in [1.29, 1.82) is 0 Å². The number of rotatable bonds is 6. The third-order valence-electron chi connectivity index (χ3n) is 4.11. The molecule has 28 heavy (non-hydrogen) atoms. The van der Waals surface area contributed by atoms with Crippen molar-refractivity contribution in [1.82, 2.24) is 4.98 Å². The number of benzene rings is 2. The van der Waals surface area contributed by atoms with Gasteiger partial charge in [-0.05, 0) is 42.0 Å². The van der Waals surface area contributed by atoms with E-state index in [0.717, 1.165) is 11.3 Å². The Labute approximate surface area is 160 Å². The Kier molecular flexibility index (Phi) is 4.93. The van der Waals surface area contributed by atoms with Crippen molar-refractivity contribution in [2.24, 2.45) is 0 Å². The number of pyridine rings is 1. The largest absolute Gasteiger partial charge is 0.497 e. The fourth-order valence-electron chi connectivity index (χ4n) is 2.66. The van der Waals surface area contributed by atoms with Crippen LogP contribution in [0, 0.1) is 0 Å². The molecule has 4 rings (SSSR count). The van der Waals surface area contributed by atoms with E-state index in [-0.39, 0.29) is 11.4 Å². The molecule has 0 atom stereocenters. The first-order chi connectivity index (χ1) is 13.7. The third-order valence-corrected chi connectivity index (χ3v) is 4.11. The average Bonchev–Trinajstić information content (AvgIpc) is 2.73. The summed E-state index contributed by atoms with van der Waals surface area (Å²) >= 11 is 0. The molecule has 0 saturated carbocycles. The van der Waals surface area contributed by atoms with Crippen LogP contribution < -0.4 is 19.6 Å². The first-order valence-electron chi connectivity index (χ1n) is 8.63. The van der Waals surface area contributed by atoms with Gasteiger partial charge < -0.3 is 18.6 Å². The van der Waals surface area contributed by atoms with Crippen LogP contribution in [0.1, 0.15) is 5.56 Å². The Morgan fingerprint density at radius 2 is 1.64 bits per heavy atom. The van der Waals surface area contributed by atoms with Gasteiger partial charge in [0.05, 0.1) is 18.6 Å². The van der Waals surface area contributed by atoms with E-state index in [9.17, 15) is 4.79 Å². The Morgan fingerprint density at radius 3 is 2.39 bits per heavy atom. The molecule has 6 heteroatoms. The molecule has 0 N–H and O–H groups in total. The number of ether oxygens (including phenoxy) is 3. The van der Waals surface area contributed by atoms with Crippen LogP contribution >= 0.6 is 0 Å². The van der Waals surface area contributed by atoms with Gasteiger partial charge in [0, 0.05) is 18.5 Å². The molecule has 0 radical (unpaired) electrons. The van der Waals surface area contributed by atoms with Gasteiger partial charge >= 0.3 is 0 Å². The third kappa shape index (κ3) is 3.96. The van der Waals surface area contributed by atoms with Crippen LogP contribution in [0.15, 0.2) is 82.3 Å². The predicted octanol–water partition coefficient (Wildman–Crippen LogP) is 4.57. The lowest BCUT2D eigenvalue weighted by Crippen LogP contribution is -2.01. The van der Waals surface area contributed by atoms with Crippen molar-refractivity contribution in [2.45, 2.75) is 6.61 Å². The van der Waals surface area contributed by atoms with Gasteiger partial charge in [-0.1, -0.05) is 12.1 Å². The maximum Gasteiger partial charge on any atom is 0.294 e. The standard InChI is InChI=1S/C22H17NO5/c1-25-16-4-2-15(3-5-16)14-26-18-6-7-19-20(24)13-22(28-21(19)12-18)27-17-8-10-23-11-9-17/h2-13H,14H2,1H3. The highest BCUT2D eigenvalue weighted by molar-refractivity contribution is 5.78. The van der Waals surface area contributed by atoms with E-state index in [1.54, 1.807) is 49.8 Å². The fourth-order valence-corrected chi connectivity index (χ4v) is 2.66. The number of fused-ring (bicyclic) bond motifs is 1. The van der Waals surface area contributed by atoms with Crippen molar-refractivity contribution in [3.8, 4) is 23.2 Å². The van der Waals surface area contributed by atoms with Crippen LogP contribution in [0.25, 0.3) is 11.0 Å². The van der Waals surface area contributed by atoms with Gasteiger partial charge in [0.2, 0.25) is 0 Å². The van der Waals surface area contributed by atoms with Gasteiger partial charge in [-0.2, -0.15) is 0 Å². The first-order valence-corrected chi connectivity index (χ1v) is 8.63. The molecule has 0 fully saturated rings. The van der Waals surface area contributed by atoms with Crippen LogP contribution in [0.5, 0.6) is 23.2 Å². The molecule has 0 aliphatic carbocycles. The normalized spacial score (nSPS) is 10.6. The van der Waals surface area contributed by atoms with Gasteiger partial charge in [-0.3, -0.25) is 9.78 Å². The molecule has 2 aromatic heterocycles. The van der Waals surface area contributed by atoms with Gasteiger partial charge in [0.15, 0.2) is 5.43 Å². The maximum absolute atomic E-state index is 12.3. The zero-order valence-corrected chi connectivity index (χ0v) is 15.1. The monoisotopic (exact) mass is 375 g/mol. The number of nitrogens with zero attached hydrogens (tertiary/aromatic N) is 1. The smallest absolute Gasteiger partial charge is 0.294 e. The number of hydrogen-bond acceptors (Lipinski definition) is 6. The van der Waals surface area contributed by atoms with Gasteiger partial charge in [0.25, 0.3) is 5.95 Å². The zero-order valence-electron chi connectivity index (χ0n) is 15.1. The van der Waals surface area contributed by atoms with Crippen LogP contribution in [-0.4, -0.2) is 12.1 Å². The quantitative estimate of drug-likeness (QED) is 0.492. The number of aromatic nitrogens is 1. The Morgan fingerprint density at radius 1 is 0.893 bits per heavy atom. The molecular formula is C22H17NO5. The number of methoxy groups -OCH3 is 1. The molecule has 0 amide bonds. The first kappa shape index (κ1) is 17.6. The molecular weight excluding hydrogens is 358 g/mol. The lowest BCUT2D eigenvalue weighted by Gasteiger charge is -2.09. The van der Waals surface area contributed by atoms with Gasteiger partial charge in [-0.15, -0.1) is 0 Å². The molecule has 0 spiro atoms. The molecule has 4 aromatic rings. The van der Waals surface area contributed by atoms with Crippen molar-refractivity contribution in [3.05, 3.63) is 88.8 Å². The van der Waals surface area contributed by atoms with Crippen molar-refractivity contribution >= 4 is 11.0 Å². The summed E-state index contributed by atoms with van der Waals surface area (Å²) in [4.78, 5) is 16.3.